The highest BCUT2D eigenvalue weighted by Gasteiger charge is 2.61. The third-order valence-corrected chi connectivity index (χ3v) is 8.36. The summed E-state index contributed by atoms with van der Waals surface area (Å²) in [6.45, 7) is 5.56. The van der Waals surface area contributed by atoms with E-state index in [1.807, 2.05) is 13.8 Å². The minimum atomic E-state index is -0.307. The van der Waals surface area contributed by atoms with E-state index in [9.17, 15) is 9.59 Å². The largest absolute Gasteiger partial charge is 0.462 e. The molecule has 1 amide bonds. The van der Waals surface area contributed by atoms with Crippen LogP contribution in [0.5, 0.6) is 0 Å². The summed E-state index contributed by atoms with van der Waals surface area (Å²) in [5.41, 5.74) is 1.38. The van der Waals surface area contributed by atoms with Gasteiger partial charge in [-0.2, -0.15) is 0 Å². The van der Waals surface area contributed by atoms with Gasteiger partial charge in [-0.1, -0.05) is 13.8 Å². The normalized spacial score (nSPS) is 32.6. The Hall–Kier alpha value is -1.40. The third-order valence-electron chi connectivity index (χ3n) is 7.24. The molecule has 2 heterocycles. The number of anilines is 1. The van der Waals surface area contributed by atoms with Crippen molar-refractivity contribution < 1.29 is 19.1 Å². The number of fused-ring (bicyclic) bond motifs is 1. The maximum Gasteiger partial charge on any atom is 0.341 e. The average molecular weight is 404 g/mol. The molecule has 1 aliphatic heterocycles. The minimum absolute atomic E-state index is 0.139. The van der Waals surface area contributed by atoms with Gasteiger partial charge < -0.3 is 14.8 Å². The van der Waals surface area contributed by atoms with Crippen molar-refractivity contribution in [2.24, 2.45) is 29.1 Å². The molecule has 2 unspecified atom stereocenters. The zero-order valence-electron chi connectivity index (χ0n) is 16.7. The lowest BCUT2D eigenvalue weighted by atomic mass is 9.75. The van der Waals surface area contributed by atoms with Crippen LogP contribution in [0.15, 0.2) is 0 Å². The summed E-state index contributed by atoms with van der Waals surface area (Å²) in [6.07, 6.45) is 6.49. The Morgan fingerprint density at radius 1 is 1.25 bits per heavy atom. The highest BCUT2D eigenvalue weighted by molar-refractivity contribution is 7.17. The summed E-state index contributed by atoms with van der Waals surface area (Å²) in [4.78, 5) is 27.4. The third kappa shape index (κ3) is 2.91. The van der Waals surface area contributed by atoms with E-state index in [1.54, 1.807) is 0 Å². The van der Waals surface area contributed by atoms with Crippen molar-refractivity contribution in [3.63, 3.8) is 0 Å². The molecule has 6 rings (SSSR count). The van der Waals surface area contributed by atoms with Crippen molar-refractivity contribution in [3.05, 3.63) is 16.0 Å². The molecule has 0 radical (unpaired) electrons. The van der Waals surface area contributed by atoms with Crippen molar-refractivity contribution in [2.75, 3.05) is 18.5 Å². The number of esters is 1. The van der Waals surface area contributed by atoms with Gasteiger partial charge in [-0.25, -0.2) is 4.79 Å². The maximum absolute atomic E-state index is 13.5. The molecule has 6 heteroatoms. The van der Waals surface area contributed by atoms with Crippen molar-refractivity contribution in [3.8, 4) is 0 Å². The number of ether oxygens (including phenoxy) is 2. The number of thiophene rings is 1. The van der Waals surface area contributed by atoms with Crippen LogP contribution in [-0.4, -0.2) is 25.1 Å². The van der Waals surface area contributed by atoms with Crippen molar-refractivity contribution in [1.29, 1.82) is 0 Å². The molecular weight excluding hydrogens is 374 g/mol. The van der Waals surface area contributed by atoms with E-state index >= 15 is 0 Å². The molecule has 1 N–H and O–H groups in total. The molecule has 28 heavy (non-hydrogen) atoms. The second kappa shape index (κ2) is 6.84. The van der Waals surface area contributed by atoms with E-state index in [4.69, 9.17) is 9.47 Å². The van der Waals surface area contributed by atoms with Gasteiger partial charge in [0.2, 0.25) is 5.91 Å². The molecule has 5 aliphatic rings. The first kappa shape index (κ1) is 18.6. The Morgan fingerprint density at radius 2 is 2.00 bits per heavy atom. The van der Waals surface area contributed by atoms with Gasteiger partial charge in [0.25, 0.3) is 0 Å². The van der Waals surface area contributed by atoms with Crippen LogP contribution in [0.25, 0.3) is 0 Å². The second-order valence-electron chi connectivity index (χ2n) is 9.66. The number of carbonyl (C=O) groups excluding carboxylic acids is 2. The quantitative estimate of drug-likeness (QED) is 0.740. The second-order valence-corrected chi connectivity index (χ2v) is 10.8. The van der Waals surface area contributed by atoms with Crippen LogP contribution in [0.4, 0.5) is 5.00 Å². The smallest absolute Gasteiger partial charge is 0.341 e. The van der Waals surface area contributed by atoms with Crippen molar-refractivity contribution in [2.45, 2.75) is 59.0 Å². The topological polar surface area (TPSA) is 64.6 Å². The molecule has 1 aromatic heterocycles. The van der Waals surface area contributed by atoms with Gasteiger partial charge in [0.05, 0.1) is 30.8 Å². The molecule has 1 aromatic rings. The molecular formula is C22H29NO4S. The Balaban J connectivity index is 1.42. The highest BCUT2D eigenvalue weighted by Crippen LogP contribution is 2.65. The first-order chi connectivity index (χ1) is 13.5. The monoisotopic (exact) mass is 403 g/mol. The Bertz CT molecular complexity index is 800. The first-order valence-corrected chi connectivity index (χ1v) is 11.5. The molecule has 0 saturated heterocycles. The van der Waals surface area contributed by atoms with Gasteiger partial charge in [0, 0.05) is 4.88 Å². The molecule has 2 atom stereocenters. The van der Waals surface area contributed by atoms with E-state index in [0.717, 1.165) is 35.1 Å². The molecule has 4 bridgehead atoms. The maximum atomic E-state index is 13.5. The summed E-state index contributed by atoms with van der Waals surface area (Å²) in [5, 5.41) is 3.88. The highest BCUT2D eigenvalue weighted by atomic mass is 32.1. The summed E-state index contributed by atoms with van der Waals surface area (Å²) in [6, 6.07) is 0. The number of carbonyl (C=O) groups is 2. The van der Waals surface area contributed by atoms with Gasteiger partial charge in [-0.3, -0.25) is 4.79 Å². The molecule has 4 aliphatic carbocycles. The molecule has 5 nitrogen and oxygen atoms in total. The van der Waals surface area contributed by atoms with E-state index in [-0.39, 0.29) is 23.2 Å². The Morgan fingerprint density at radius 3 is 2.71 bits per heavy atom. The van der Waals surface area contributed by atoms with Gasteiger partial charge in [-0.15, -0.1) is 11.3 Å². The Labute approximate surface area is 170 Å². The van der Waals surface area contributed by atoms with Crippen LogP contribution in [0.3, 0.4) is 0 Å². The van der Waals surface area contributed by atoms with Crippen LogP contribution in [-0.2, 0) is 27.3 Å². The lowest BCUT2D eigenvalue weighted by Crippen LogP contribution is -2.37. The molecule has 0 spiro atoms. The van der Waals surface area contributed by atoms with Crippen LogP contribution < -0.4 is 5.32 Å². The van der Waals surface area contributed by atoms with E-state index < -0.39 is 0 Å². The lowest BCUT2D eigenvalue weighted by Gasteiger charge is -2.31. The predicted octanol–water partition coefficient (Wildman–Crippen LogP) is 4.40. The summed E-state index contributed by atoms with van der Waals surface area (Å²) in [5.74, 6) is 2.10. The lowest BCUT2D eigenvalue weighted by molar-refractivity contribution is -0.127. The number of amides is 1. The molecule has 4 saturated carbocycles. The minimum Gasteiger partial charge on any atom is -0.462 e. The first-order valence-electron chi connectivity index (χ1n) is 10.7. The van der Waals surface area contributed by atoms with E-state index in [1.165, 1.54) is 30.6 Å². The Kier molecular flexibility index (Phi) is 4.55. The van der Waals surface area contributed by atoms with Gasteiger partial charge in [-0.05, 0) is 67.8 Å². The molecule has 152 valence electrons. The average Bonchev–Trinajstić information content (AvgIpc) is 3.23. The number of hydrogen-bond donors (Lipinski definition) is 1. The van der Waals surface area contributed by atoms with Crippen LogP contribution >= 0.6 is 11.3 Å². The fourth-order valence-electron chi connectivity index (χ4n) is 6.25. The predicted molar refractivity (Wildman–Crippen MR) is 107 cm³/mol. The van der Waals surface area contributed by atoms with Crippen LogP contribution in [0.2, 0.25) is 0 Å². The van der Waals surface area contributed by atoms with Crippen LogP contribution in [0.1, 0.15) is 66.8 Å². The number of hydrogen-bond acceptors (Lipinski definition) is 5. The standard InChI is InChI=1S/C22H29NO4S/c1-12(2)10-27-20(24)18-16-3-4-26-11-17(16)28-19(18)23-21(25)22-8-13-5-14(9-22)7-15(22)6-13/h12-15H,3-11H2,1-2H3,(H,23,25). The summed E-state index contributed by atoms with van der Waals surface area (Å²) >= 11 is 1.50. The van der Waals surface area contributed by atoms with E-state index in [0.29, 0.717) is 42.7 Å². The van der Waals surface area contributed by atoms with Gasteiger partial charge in [0.1, 0.15) is 5.00 Å². The zero-order chi connectivity index (χ0) is 19.5. The van der Waals surface area contributed by atoms with Crippen molar-refractivity contribution in [1.82, 2.24) is 0 Å². The summed E-state index contributed by atoms with van der Waals surface area (Å²) < 4.78 is 11.1. The van der Waals surface area contributed by atoms with Crippen LogP contribution in [0, 0.1) is 29.1 Å². The van der Waals surface area contributed by atoms with Gasteiger partial charge in [0.15, 0.2) is 0 Å². The molecule has 4 fully saturated rings. The van der Waals surface area contributed by atoms with Crippen molar-refractivity contribution >= 4 is 28.2 Å². The zero-order valence-corrected chi connectivity index (χ0v) is 17.5. The number of nitrogens with one attached hydrogen (secondary N) is 1. The van der Waals surface area contributed by atoms with Gasteiger partial charge >= 0.3 is 5.97 Å². The number of rotatable bonds is 5. The summed E-state index contributed by atoms with van der Waals surface area (Å²) in [7, 11) is 0. The fraction of sp³-hybridized carbons (Fsp3) is 0.727. The fourth-order valence-corrected chi connectivity index (χ4v) is 7.41. The van der Waals surface area contributed by atoms with E-state index in [2.05, 4.69) is 5.32 Å². The molecule has 0 aromatic carbocycles. The SMILES string of the molecule is CC(C)COC(=O)c1c(NC(=O)C23CC4CC(CC2C4)C3)sc2c1CCOC2.